The zero-order valence-corrected chi connectivity index (χ0v) is 16.9. The first-order chi connectivity index (χ1) is 13.7. The molecule has 10 heteroatoms. The zero-order chi connectivity index (χ0) is 19.3. The molecule has 1 saturated heterocycles. The second-order valence-corrected chi connectivity index (χ2v) is 8.57. The molecule has 0 atom stereocenters. The van der Waals surface area contributed by atoms with Crippen LogP contribution < -0.4 is 15.5 Å². The Bertz CT molecular complexity index is 695. The number of aromatic nitrogens is 3. The maximum atomic E-state index is 12.2. The van der Waals surface area contributed by atoms with Crippen molar-refractivity contribution in [2.75, 3.05) is 37.0 Å². The molecule has 4 rings (SSSR count). The Labute approximate surface area is 168 Å². The van der Waals surface area contributed by atoms with E-state index in [0.717, 1.165) is 62.7 Å². The van der Waals surface area contributed by atoms with Crippen molar-refractivity contribution in [1.82, 2.24) is 25.4 Å². The fourth-order valence-electron chi connectivity index (χ4n) is 3.76. The molecule has 0 bridgehead atoms. The van der Waals surface area contributed by atoms with Crippen LogP contribution in [0, 0.1) is 0 Å². The first-order valence-corrected chi connectivity index (χ1v) is 11.2. The van der Waals surface area contributed by atoms with E-state index in [1.807, 2.05) is 0 Å². The van der Waals surface area contributed by atoms with E-state index in [4.69, 9.17) is 4.74 Å². The first-order valence-electron chi connectivity index (χ1n) is 10.2. The van der Waals surface area contributed by atoms with Gasteiger partial charge in [-0.1, -0.05) is 31.0 Å². The van der Waals surface area contributed by atoms with Crippen molar-refractivity contribution in [3.05, 3.63) is 0 Å². The van der Waals surface area contributed by atoms with Gasteiger partial charge in [-0.15, -0.1) is 10.2 Å². The lowest BCUT2D eigenvalue weighted by Crippen LogP contribution is -2.45. The number of hydrogen-bond donors (Lipinski definition) is 2. The molecule has 2 heterocycles. The highest BCUT2D eigenvalue weighted by Crippen LogP contribution is 2.41. The largest absolute Gasteiger partial charge is 0.378 e. The third-order valence-corrected chi connectivity index (χ3v) is 6.32. The van der Waals surface area contributed by atoms with Crippen molar-refractivity contribution in [3.63, 3.8) is 0 Å². The van der Waals surface area contributed by atoms with Gasteiger partial charge in [0.2, 0.25) is 11.9 Å². The molecule has 3 aliphatic rings. The molecule has 0 unspecified atom stereocenters. The molecule has 3 amide bonds. The average molecular weight is 409 g/mol. The number of nitrogens with one attached hydrogen (secondary N) is 2. The van der Waals surface area contributed by atoms with E-state index in [1.165, 1.54) is 18.2 Å². The lowest BCUT2D eigenvalue weighted by Gasteiger charge is -2.27. The van der Waals surface area contributed by atoms with Gasteiger partial charge < -0.3 is 15.0 Å². The van der Waals surface area contributed by atoms with Gasteiger partial charge in [0.25, 0.3) is 0 Å². The number of thioether (sulfide) groups is 1. The van der Waals surface area contributed by atoms with E-state index in [9.17, 15) is 9.59 Å². The zero-order valence-electron chi connectivity index (χ0n) is 16.1. The minimum atomic E-state index is -0.393. The summed E-state index contributed by atoms with van der Waals surface area (Å²) in [5.74, 6) is 0.701. The van der Waals surface area contributed by atoms with E-state index < -0.39 is 6.03 Å². The summed E-state index contributed by atoms with van der Waals surface area (Å²) < 4.78 is 7.56. The minimum absolute atomic E-state index is 0.145. The van der Waals surface area contributed by atoms with Crippen LogP contribution in [0.2, 0.25) is 0 Å². The number of carbonyl (C=O) groups is 2. The highest BCUT2D eigenvalue weighted by Gasteiger charge is 2.32. The first kappa shape index (κ1) is 19.5. The van der Waals surface area contributed by atoms with Crippen LogP contribution in [-0.4, -0.2) is 64.8 Å². The Kier molecular flexibility index (Phi) is 6.36. The van der Waals surface area contributed by atoms with Crippen LogP contribution in [0.3, 0.4) is 0 Å². The van der Waals surface area contributed by atoms with Gasteiger partial charge in [-0.05, 0) is 25.7 Å². The number of morpholine rings is 1. The van der Waals surface area contributed by atoms with Crippen LogP contribution in [0.1, 0.15) is 51.0 Å². The molecular formula is C18H28N6O3S. The van der Waals surface area contributed by atoms with Crippen molar-refractivity contribution in [3.8, 4) is 0 Å². The second-order valence-electron chi connectivity index (χ2n) is 7.63. The van der Waals surface area contributed by atoms with E-state index >= 15 is 0 Å². The lowest BCUT2D eigenvalue weighted by molar-refractivity contribution is -0.117. The molecule has 3 fully saturated rings. The molecule has 1 aromatic heterocycles. The number of urea groups is 1. The normalized spacial score (nSPS) is 20.8. The Morgan fingerprint density at radius 3 is 2.54 bits per heavy atom. The van der Waals surface area contributed by atoms with Crippen LogP contribution in [0.25, 0.3) is 0 Å². The number of carbonyl (C=O) groups excluding carboxylic acids is 2. The summed E-state index contributed by atoms with van der Waals surface area (Å²) in [5, 5.41) is 14.8. The van der Waals surface area contributed by atoms with Crippen molar-refractivity contribution in [1.29, 1.82) is 0 Å². The number of anilines is 1. The summed E-state index contributed by atoms with van der Waals surface area (Å²) in [6.07, 6.45) is 7.70. The topological polar surface area (TPSA) is 101 Å². The molecule has 0 aromatic carbocycles. The summed E-state index contributed by atoms with van der Waals surface area (Å²) >= 11 is 1.34. The molecule has 0 spiro atoms. The van der Waals surface area contributed by atoms with Crippen LogP contribution in [0.4, 0.5) is 10.7 Å². The van der Waals surface area contributed by atoms with Crippen LogP contribution in [0.15, 0.2) is 5.16 Å². The van der Waals surface area contributed by atoms with Gasteiger partial charge in [0, 0.05) is 25.2 Å². The van der Waals surface area contributed by atoms with E-state index in [2.05, 4.69) is 30.3 Å². The number of amides is 3. The average Bonchev–Trinajstić information content (AvgIpc) is 3.46. The fraction of sp³-hybridized carbons (Fsp3) is 0.778. The van der Waals surface area contributed by atoms with Gasteiger partial charge >= 0.3 is 6.03 Å². The van der Waals surface area contributed by atoms with Crippen LogP contribution in [-0.2, 0) is 9.53 Å². The predicted octanol–water partition coefficient (Wildman–Crippen LogP) is 1.70. The van der Waals surface area contributed by atoms with Gasteiger partial charge in [-0.2, -0.15) is 0 Å². The van der Waals surface area contributed by atoms with Crippen molar-refractivity contribution >= 4 is 29.6 Å². The Morgan fingerprint density at radius 2 is 1.82 bits per heavy atom. The molecule has 28 heavy (non-hydrogen) atoms. The molecule has 0 radical (unpaired) electrons. The van der Waals surface area contributed by atoms with Crippen molar-refractivity contribution in [2.45, 2.75) is 62.2 Å². The highest BCUT2D eigenvalue weighted by atomic mass is 32.2. The Balaban J connectivity index is 1.29. The van der Waals surface area contributed by atoms with Gasteiger partial charge in [0.05, 0.1) is 19.0 Å². The van der Waals surface area contributed by atoms with Gasteiger partial charge in [-0.25, -0.2) is 4.79 Å². The third kappa shape index (κ3) is 4.96. The summed E-state index contributed by atoms with van der Waals surface area (Å²) in [6, 6.07) is 0.200. The molecule has 1 aliphatic heterocycles. The molecule has 1 aromatic rings. The fourth-order valence-corrected chi connectivity index (χ4v) is 4.56. The number of rotatable bonds is 6. The summed E-state index contributed by atoms with van der Waals surface area (Å²) in [7, 11) is 0. The number of hydrogen-bond acceptors (Lipinski definition) is 7. The SMILES string of the molecule is O=C(CSc1nnc(N2CCOCC2)n1C1CC1)NC(=O)NC1CCCCC1. The van der Waals surface area contributed by atoms with E-state index in [1.54, 1.807) is 0 Å². The smallest absolute Gasteiger partial charge is 0.321 e. The molecule has 9 nitrogen and oxygen atoms in total. The summed E-state index contributed by atoms with van der Waals surface area (Å²) in [6.45, 7) is 2.99. The van der Waals surface area contributed by atoms with Gasteiger partial charge in [0.1, 0.15) is 0 Å². The maximum Gasteiger partial charge on any atom is 0.321 e. The van der Waals surface area contributed by atoms with Gasteiger partial charge in [-0.3, -0.25) is 14.7 Å². The van der Waals surface area contributed by atoms with Crippen molar-refractivity contribution in [2.24, 2.45) is 0 Å². The van der Waals surface area contributed by atoms with E-state index in [-0.39, 0.29) is 17.7 Å². The van der Waals surface area contributed by atoms with Crippen molar-refractivity contribution < 1.29 is 14.3 Å². The third-order valence-electron chi connectivity index (χ3n) is 5.38. The standard InChI is InChI=1S/C18H28N6O3S/c25-15(20-16(26)19-13-4-2-1-3-5-13)12-28-18-22-21-17(24(18)14-6-7-14)23-8-10-27-11-9-23/h13-14H,1-12H2,(H2,19,20,25,26). The summed E-state index contributed by atoms with van der Waals surface area (Å²) in [4.78, 5) is 26.4. The monoisotopic (exact) mass is 408 g/mol. The van der Waals surface area contributed by atoms with Crippen LogP contribution in [0.5, 0.6) is 0 Å². The molecule has 2 N–H and O–H groups in total. The second kappa shape index (κ2) is 9.13. The Morgan fingerprint density at radius 1 is 1.07 bits per heavy atom. The molecule has 2 saturated carbocycles. The quantitative estimate of drug-likeness (QED) is 0.691. The Hall–Kier alpha value is -1.81. The van der Waals surface area contributed by atoms with Gasteiger partial charge in [0.15, 0.2) is 5.16 Å². The number of imide groups is 1. The number of ether oxygens (including phenoxy) is 1. The molecule has 2 aliphatic carbocycles. The highest BCUT2D eigenvalue weighted by molar-refractivity contribution is 7.99. The predicted molar refractivity (Wildman–Crippen MR) is 106 cm³/mol. The molecule has 154 valence electrons. The molecular weight excluding hydrogens is 380 g/mol. The lowest BCUT2D eigenvalue weighted by atomic mass is 9.96. The van der Waals surface area contributed by atoms with E-state index in [0.29, 0.717) is 19.3 Å². The number of nitrogens with zero attached hydrogens (tertiary/aromatic N) is 4. The maximum absolute atomic E-state index is 12.2. The minimum Gasteiger partial charge on any atom is -0.378 e. The van der Waals surface area contributed by atoms with Crippen LogP contribution >= 0.6 is 11.8 Å². The summed E-state index contributed by atoms with van der Waals surface area (Å²) in [5.41, 5.74) is 0.